The Kier molecular flexibility index (Phi) is 3.18. The molecular weight excluding hydrogens is 274 g/mol. The molecule has 0 radical (unpaired) electrons. The molecule has 96 valence electrons. The Bertz CT molecular complexity index is 667. The van der Waals surface area contributed by atoms with Crippen LogP contribution in [-0.2, 0) is 10.0 Å². The Morgan fingerprint density at radius 2 is 2.06 bits per heavy atom. The van der Waals surface area contributed by atoms with Gasteiger partial charge in [0, 0.05) is 17.2 Å². The molecule has 3 N–H and O–H groups in total. The van der Waals surface area contributed by atoms with Crippen LogP contribution < -0.4 is 10.5 Å². The highest BCUT2D eigenvalue weighted by Gasteiger charge is 2.20. The maximum Gasteiger partial charge on any atom is 0.264 e. The number of sulfonamides is 1. The molecule has 0 amide bonds. The van der Waals surface area contributed by atoms with Crippen LogP contribution in [0.15, 0.2) is 17.0 Å². The molecule has 18 heavy (non-hydrogen) atoms. The molecule has 0 unspecified atom stereocenters. The minimum atomic E-state index is -3.72. The fraction of sp³-hybridized carbons (Fsp3) is 0.222. The molecule has 0 atom stereocenters. The van der Waals surface area contributed by atoms with Gasteiger partial charge in [-0.2, -0.15) is 0 Å². The lowest BCUT2D eigenvalue weighted by Gasteiger charge is -2.10. The minimum Gasteiger partial charge on any atom is -0.398 e. The molecule has 0 aliphatic rings. The molecule has 7 nitrogen and oxygen atoms in total. The molecule has 2 rings (SSSR count). The van der Waals surface area contributed by atoms with Crippen LogP contribution in [0.2, 0.25) is 0 Å². The molecule has 0 bridgehead atoms. The summed E-state index contributed by atoms with van der Waals surface area (Å²) in [5.74, 6) is 0. The first-order valence-electron chi connectivity index (χ1n) is 4.95. The number of nitrogens with zero attached hydrogens (tertiary/aromatic N) is 3. The molecular formula is C9H11N5O2S2. The summed E-state index contributed by atoms with van der Waals surface area (Å²) in [6.45, 7) is 3.43. The summed E-state index contributed by atoms with van der Waals surface area (Å²) in [7, 11) is -3.72. The van der Waals surface area contributed by atoms with E-state index in [1.54, 1.807) is 26.0 Å². The third kappa shape index (κ3) is 2.41. The van der Waals surface area contributed by atoms with Gasteiger partial charge in [-0.25, -0.2) is 8.42 Å². The number of nitrogen functional groups attached to an aromatic ring is 1. The van der Waals surface area contributed by atoms with Gasteiger partial charge in [0.25, 0.3) is 10.0 Å². The Hall–Kier alpha value is -1.74. The molecule has 0 spiro atoms. The van der Waals surface area contributed by atoms with Crippen molar-refractivity contribution in [3.8, 4) is 0 Å². The quantitative estimate of drug-likeness (QED) is 0.812. The molecule has 0 aliphatic carbocycles. The summed E-state index contributed by atoms with van der Waals surface area (Å²) in [4.78, 5) is 0.134. The number of benzene rings is 1. The van der Waals surface area contributed by atoms with E-state index in [-0.39, 0.29) is 10.0 Å². The maximum absolute atomic E-state index is 12.2. The number of anilines is 2. The molecule has 1 heterocycles. The predicted octanol–water partition coefficient (Wildman–Crippen LogP) is 0.933. The van der Waals surface area contributed by atoms with Crippen LogP contribution in [-0.4, -0.2) is 23.2 Å². The normalized spacial score (nSPS) is 11.4. The van der Waals surface area contributed by atoms with Gasteiger partial charge in [-0.05, 0) is 42.3 Å². The fourth-order valence-corrected chi connectivity index (χ4v) is 3.42. The second kappa shape index (κ2) is 4.50. The average Bonchev–Trinajstić information content (AvgIpc) is 2.75. The van der Waals surface area contributed by atoms with E-state index in [9.17, 15) is 8.42 Å². The number of nitrogens with one attached hydrogen (secondary N) is 1. The summed E-state index contributed by atoms with van der Waals surface area (Å²) < 4.78 is 30.1. The van der Waals surface area contributed by atoms with E-state index in [4.69, 9.17) is 5.73 Å². The minimum absolute atomic E-state index is 0.120. The van der Waals surface area contributed by atoms with Gasteiger partial charge in [0.2, 0.25) is 5.13 Å². The first-order valence-corrected chi connectivity index (χ1v) is 7.20. The largest absolute Gasteiger partial charge is 0.398 e. The average molecular weight is 285 g/mol. The van der Waals surface area contributed by atoms with Crippen LogP contribution in [0.1, 0.15) is 11.1 Å². The number of rotatable bonds is 3. The van der Waals surface area contributed by atoms with Crippen molar-refractivity contribution in [3.63, 3.8) is 0 Å². The van der Waals surface area contributed by atoms with E-state index < -0.39 is 10.0 Å². The Morgan fingerprint density at radius 1 is 1.33 bits per heavy atom. The van der Waals surface area contributed by atoms with Crippen molar-refractivity contribution in [2.45, 2.75) is 18.7 Å². The summed E-state index contributed by atoms with van der Waals surface area (Å²) in [6.07, 6.45) is 0. The van der Waals surface area contributed by atoms with Crippen molar-refractivity contribution in [2.24, 2.45) is 0 Å². The van der Waals surface area contributed by atoms with E-state index in [2.05, 4.69) is 19.5 Å². The Labute approximate surface area is 108 Å². The van der Waals surface area contributed by atoms with E-state index in [0.29, 0.717) is 11.3 Å². The van der Waals surface area contributed by atoms with Gasteiger partial charge in [-0.3, -0.25) is 4.72 Å². The van der Waals surface area contributed by atoms with Crippen molar-refractivity contribution >= 4 is 32.4 Å². The van der Waals surface area contributed by atoms with Gasteiger partial charge in [0.15, 0.2) is 0 Å². The zero-order valence-corrected chi connectivity index (χ0v) is 11.3. The smallest absolute Gasteiger partial charge is 0.264 e. The third-order valence-corrected chi connectivity index (χ3v) is 4.46. The summed E-state index contributed by atoms with van der Waals surface area (Å²) in [6, 6.07) is 3.28. The van der Waals surface area contributed by atoms with E-state index in [1.807, 2.05) is 0 Å². The van der Waals surface area contributed by atoms with Gasteiger partial charge in [0.05, 0.1) is 4.90 Å². The van der Waals surface area contributed by atoms with Gasteiger partial charge >= 0.3 is 0 Å². The second-order valence-corrected chi connectivity index (χ2v) is 6.13. The number of aromatic nitrogens is 3. The molecule has 2 aromatic rings. The predicted molar refractivity (Wildman–Crippen MR) is 68.8 cm³/mol. The lowest BCUT2D eigenvalue weighted by Crippen LogP contribution is -2.15. The summed E-state index contributed by atoms with van der Waals surface area (Å²) >= 11 is 0.865. The molecule has 9 heteroatoms. The van der Waals surface area contributed by atoms with Crippen LogP contribution in [0.3, 0.4) is 0 Å². The van der Waals surface area contributed by atoms with Crippen LogP contribution in [0, 0.1) is 13.8 Å². The molecule has 0 aliphatic heterocycles. The zero-order chi connectivity index (χ0) is 13.3. The van der Waals surface area contributed by atoms with Gasteiger partial charge in [-0.1, -0.05) is 9.59 Å². The highest BCUT2D eigenvalue weighted by molar-refractivity contribution is 7.93. The first kappa shape index (κ1) is 12.7. The standard InChI is InChI=1S/C9H11N5O2S2/c1-5-3-7(10)6(2)8(4-5)18(15,16)12-9-11-13-14-17-9/h3-4H,10H2,1-2H3,(H,11,12,14). The Morgan fingerprint density at radius 3 is 2.67 bits per heavy atom. The van der Waals surface area contributed by atoms with E-state index in [0.717, 1.165) is 17.1 Å². The lowest BCUT2D eigenvalue weighted by atomic mass is 10.1. The topological polar surface area (TPSA) is 111 Å². The molecule has 1 aromatic carbocycles. The number of hydrogen-bond donors (Lipinski definition) is 2. The zero-order valence-electron chi connectivity index (χ0n) is 9.71. The second-order valence-electron chi connectivity index (χ2n) is 3.75. The SMILES string of the molecule is Cc1cc(N)c(C)c(S(=O)(=O)Nc2nnns2)c1. The van der Waals surface area contributed by atoms with Crippen molar-refractivity contribution in [1.29, 1.82) is 0 Å². The highest BCUT2D eigenvalue weighted by atomic mass is 32.2. The lowest BCUT2D eigenvalue weighted by molar-refractivity contribution is 0.600. The Balaban J connectivity index is 2.48. The van der Waals surface area contributed by atoms with Gasteiger partial charge in [0.1, 0.15) is 0 Å². The van der Waals surface area contributed by atoms with Gasteiger partial charge in [-0.15, -0.1) is 0 Å². The van der Waals surface area contributed by atoms with Crippen LogP contribution >= 0.6 is 11.5 Å². The van der Waals surface area contributed by atoms with Crippen LogP contribution in [0.4, 0.5) is 10.8 Å². The van der Waals surface area contributed by atoms with Crippen LogP contribution in [0.25, 0.3) is 0 Å². The van der Waals surface area contributed by atoms with Crippen molar-refractivity contribution < 1.29 is 8.42 Å². The van der Waals surface area contributed by atoms with E-state index >= 15 is 0 Å². The summed E-state index contributed by atoms with van der Waals surface area (Å²) in [5.41, 5.74) is 7.47. The fourth-order valence-electron chi connectivity index (χ4n) is 1.47. The third-order valence-electron chi connectivity index (χ3n) is 2.36. The first-order chi connectivity index (χ1) is 8.40. The van der Waals surface area contributed by atoms with Gasteiger partial charge < -0.3 is 5.73 Å². The highest BCUT2D eigenvalue weighted by Crippen LogP contribution is 2.25. The molecule has 0 saturated carbocycles. The number of nitrogens with two attached hydrogens (primary N) is 1. The number of hydrogen-bond acceptors (Lipinski definition) is 7. The van der Waals surface area contributed by atoms with Crippen molar-refractivity contribution in [1.82, 2.24) is 14.8 Å². The van der Waals surface area contributed by atoms with Crippen molar-refractivity contribution in [2.75, 3.05) is 10.5 Å². The maximum atomic E-state index is 12.2. The molecule has 0 fully saturated rings. The van der Waals surface area contributed by atoms with E-state index in [1.165, 1.54) is 0 Å². The van der Waals surface area contributed by atoms with Crippen LogP contribution in [0.5, 0.6) is 0 Å². The monoisotopic (exact) mass is 285 g/mol. The summed E-state index contributed by atoms with van der Waals surface area (Å²) in [5, 5.41) is 6.98. The molecule has 1 aromatic heterocycles. The van der Waals surface area contributed by atoms with Crippen molar-refractivity contribution in [3.05, 3.63) is 23.3 Å². The molecule has 0 saturated heterocycles. The number of aryl methyl sites for hydroxylation is 1.